The van der Waals surface area contributed by atoms with E-state index in [9.17, 15) is 31.5 Å². The summed E-state index contributed by atoms with van der Waals surface area (Å²) < 4.78 is 79.0. The molecule has 0 saturated heterocycles. The summed E-state index contributed by atoms with van der Waals surface area (Å²) in [6.45, 7) is 2.15. The van der Waals surface area contributed by atoms with E-state index in [1.54, 1.807) is 23.7 Å². The zero-order valence-electron chi connectivity index (χ0n) is 24.3. The van der Waals surface area contributed by atoms with E-state index in [-0.39, 0.29) is 41.8 Å². The lowest BCUT2D eigenvalue weighted by Crippen LogP contribution is -2.51. The van der Waals surface area contributed by atoms with Crippen LogP contribution in [0.3, 0.4) is 0 Å². The van der Waals surface area contributed by atoms with Crippen LogP contribution in [0.1, 0.15) is 90.1 Å². The van der Waals surface area contributed by atoms with Crippen LogP contribution in [0.25, 0.3) is 0 Å². The van der Waals surface area contributed by atoms with Crippen molar-refractivity contribution in [2.24, 2.45) is 7.05 Å². The molecular formula is C31H32F5N5O3. The second-order valence-corrected chi connectivity index (χ2v) is 12.6. The minimum absolute atomic E-state index is 0.00248. The Bertz CT molecular complexity index is 1590. The van der Waals surface area contributed by atoms with E-state index in [4.69, 9.17) is 4.74 Å². The molecule has 2 aromatic carbocycles. The summed E-state index contributed by atoms with van der Waals surface area (Å²) in [7, 11) is 1.70. The molecule has 0 spiro atoms. The summed E-state index contributed by atoms with van der Waals surface area (Å²) in [6, 6.07) is 8.59. The van der Waals surface area contributed by atoms with E-state index < -0.39 is 53.6 Å². The normalized spacial score (nSPS) is 21.7. The smallest absolute Gasteiger partial charge is 0.416 e. The van der Waals surface area contributed by atoms with Crippen molar-refractivity contribution in [3.63, 3.8) is 0 Å². The van der Waals surface area contributed by atoms with E-state index in [1.807, 2.05) is 6.92 Å². The number of hydrogen-bond donors (Lipinski definition) is 1. The van der Waals surface area contributed by atoms with Crippen molar-refractivity contribution in [1.29, 1.82) is 0 Å². The van der Waals surface area contributed by atoms with E-state index >= 15 is 0 Å². The lowest BCUT2D eigenvalue weighted by molar-refractivity contribution is -0.142. The highest BCUT2D eigenvalue weighted by Gasteiger charge is 2.58. The lowest BCUT2D eigenvalue weighted by Gasteiger charge is -2.48. The van der Waals surface area contributed by atoms with Crippen molar-refractivity contribution in [2.45, 2.75) is 87.7 Å². The van der Waals surface area contributed by atoms with Gasteiger partial charge in [0.25, 0.3) is 12.4 Å². The average Bonchev–Trinajstić information content (AvgIpc) is 3.64. The standard InChI is InChI=1S/C31H32F5N5O3/c1-28(8-3-4-9-28)37-14-19-10-22-25(23(11-19)31(34,35)36)27(44-18-42)41(26(22)43)21-7-5-6-20(12-21)29(15-30(32,33)16-29)13-24-39-38-17-40(24)2/h5-7,10-12,17-18,27,37H,3-4,8-9,13-16H2,1-2H3. The van der Waals surface area contributed by atoms with E-state index in [2.05, 4.69) is 15.5 Å². The highest BCUT2D eigenvalue weighted by Crippen LogP contribution is 2.56. The highest BCUT2D eigenvalue weighted by atomic mass is 19.4. The maximum atomic E-state index is 14.5. The molecule has 2 heterocycles. The van der Waals surface area contributed by atoms with Gasteiger partial charge in [0.05, 0.1) is 5.56 Å². The van der Waals surface area contributed by atoms with Crippen molar-refractivity contribution >= 4 is 18.1 Å². The van der Waals surface area contributed by atoms with E-state index in [1.165, 1.54) is 24.5 Å². The number of halogens is 5. The molecule has 3 aromatic rings. The molecule has 234 valence electrons. The number of carbonyl (C=O) groups is 2. The maximum absolute atomic E-state index is 14.5. The van der Waals surface area contributed by atoms with Crippen LogP contribution in [0, 0.1) is 0 Å². The van der Waals surface area contributed by atoms with Crippen LogP contribution < -0.4 is 10.2 Å². The molecule has 1 atom stereocenters. The molecule has 1 N–H and O–H groups in total. The third-order valence-corrected chi connectivity index (χ3v) is 9.32. The van der Waals surface area contributed by atoms with Crippen LogP contribution in [0.2, 0.25) is 0 Å². The monoisotopic (exact) mass is 617 g/mol. The molecule has 0 bridgehead atoms. The van der Waals surface area contributed by atoms with Crippen LogP contribution in [-0.4, -0.2) is 38.6 Å². The third-order valence-electron chi connectivity index (χ3n) is 9.32. The van der Waals surface area contributed by atoms with Crippen molar-refractivity contribution in [3.8, 4) is 0 Å². The first-order valence-corrected chi connectivity index (χ1v) is 14.5. The Morgan fingerprint density at radius 3 is 2.48 bits per heavy atom. The molecule has 8 nitrogen and oxygen atoms in total. The Balaban J connectivity index is 1.39. The Morgan fingerprint density at radius 1 is 1.14 bits per heavy atom. The Labute approximate surface area is 250 Å². The van der Waals surface area contributed by atoms with Gasteiger partial charge >= 0.3 is 6.18 Å². The number of alkyl halides is 5. The maximum Gasteiger partial charge on any atom is 0.416 e. The van der Waals surface area contributed by atoms with Gasteiger partial charge in [0.1, 0.15) is 12.2 Å². The average molecular weight is 618 g/mol. The number of aryl methyl sites for hydroxylation is 1. The quantitative estimate of drug-likeness (QED) is 0.234. The Morgan fingerprint density at radius 2 is 1.86 bits per heavy atom. The van der Waals surface area contributed by atoms with Gasteiger partial charge in [0.15, 0.2) is 0 Å². The molecule has 2 aliphatic carbocycles. The van der Waals surface area contributed by atoms with Gasteiger partial charge in [-0.3, -0.25) is 14.5 Å². The molecule has 0 radical (unpaired) electrons. The minimum atomic E-state index is -4.85. The highest BCUT2D eigenvalue weighted by molar-refractivity contribution is 6.11. The number of fused-ring (bicyclic) bond motifs is 1. The summed E-state index contributed by atoms with van der Waals surface area (Å²) >= 11 is 0. The van der Waals surface area contributed by atoms with Gasteiger partial charge < -0.3 is 14.6 Å². The summed E-state index contributed by atoms with van der Waals surface area (Å²) in [6.07, 6.45) is -2.07. The number of benzene rings is 2. The first-order valence-electron chi connectivity index (χ1n) is 14.5. The third kappa shape index (κ3) is 5.35. The van der Waals surface area contributed by atoms with Crippen LogP contribution in [0.15, 0.2) is 42.7 Å². The zero-order chi connectivity index (χ0) is 31.5. The number of hydrogen-bond acceptors (Lipinski definition) is 6. The number of ether oxygens (including phenoxy) is 1. The van der Waals surface area contributed by atoms with Crippen LogP contribution >= 0.6 is 0 Å². The minimum Gasteiger partial charge on any atom is -0.439 e. The van der Waals surface area contributed by atoms with Crippen LogP contribution in [0.4, 0.5) is 27.6 Å². The molecule has 2 saturated carbocycles. The van der Waals surface area contributed by atoms with Gasteiger partial charge in [0, 0.05) is 60.6 Å². The second kappa shape index (κ2) is 10.6. The number of rotatable bonds is 9. The van der Waals surface area contributed by atoms with E-state index in [0.717, 1.165) is 36.6 Å². The number of amides is 1. The zero-order valence-corrected chi connectivity index (χ0v) is 24.3. The molecule has 6 rings (SSSR count). The number of nitrogens with one attached hydrogen (secondary N) is 1. The molecule has 2 fully saturated rings. The number of anilines is 1. The summed E-state index contributed by atoms with van der Waals surface area (Å²) in [5, 5.41) is 11.2. The molecule has 1 aliphatic heterocycles. The lowest BCUT2D eigenvalue weighted by atomic mass is 9.60. The fraction of sp³-hybridized carbons (Fsp3) is 0.484. The van der Waals surface area contributed by atoms with Crippen molar-refractivity contribution in [2.75, 3.05) is 4.90 Å². The topological polar surface area (TPSA) is 89.3 Å². The number of nitrogens with zero attached hydrogens (tertiary/aromatic N) is 4. The first-order chi connectivity index (χ1) is 20.7. The summed E-state index contributed by atoms with van der Waals surface area (Å²) in [4.78, 5) is 26.5. The predicted molar refractivity (Wildman–Crippen MR) is 149 cm³/mol. The molecule has 44 heavy (non-hydrogen) atoms. The number of aromatic nitrogens is 3. The summed E-state index contributed by atoms with van der Waals surface area (Å²) in [5.41, 5.74) is -2.16. The number of carbonyl (C=O) groups excluding carboxylic acids is 2. The second-order valence-electron chi connectivity index (χ2n) is 12.6. The molecule has 1 unspecified atom stereocenters. The van der Waals surface area contributed by atoms with Crippen molar-refractivity contribution < 1.29 is 36.3 Å². The molecule has 1 aromatic heterocycles. The molecule has 1 amide bonds. The van der Waals surface area contributed by atoms with Crippen LogP contribution in [0.5, 0.6) is 0 Å². The van der Waals surface area contributed by atoms with Gasteiger partial charge in [-0.25, -0.2) is 8.78 Å². The van der Waals surface area contributed by atoms with E-state index in [0.29, 0.717) is 11.4 Å². The Kier molecular flexibility index (Phi) is 7.29. The molecule has 3 aliphatic rings. The van der Waals surface area contributed by atoms with Gasteiger partial charge in [-0.15, -0.1) is 10.2 Å². The SMILES string of the molecule is Cn1cnnc1CC1(c2cccc(N3C(=O)c4cc(CNC5(C)CCCC5)cc(C(F)(F)F)c4C3OC=O)c2)CC(F)(F)C1. The first kappa shape index (κ1) is 30.2. The predicted octanol–water partition coefficient (Wildman–Crippen LogP) is 6.00. The van der Waals surface area contributed by atoms with Crippen molar-refractivity contribution in [3.05, 3.63) is 76.4 Å². The fourth-order valence-corrected chi connectivity index (χ4v) is 7.06. The van der Waals surface area contributed by atoms with Gasteiger partial charge in [-0.05, 0) is 55.2 Å². The van der Waals surface area contributed by atoms with Gasteiger partial charge in [-0.2, -0.15) is 13.2 Å². The van der Waals surface area contributed by atoms with Gasteiger partial charge in [-0.1, -0.05) is 25.0 Å². The Hall–Kier alpha value is -3.87. The molecule has 13 heteroatoms. The largest absolute Gasteiger partial charge is 0.439 e. The van der Waals surface area contributed by atoms with Crippen molar-refractivity contribution in [1.82, 2.24) is 20.1 Å². The summed E-state index contributed by atoms with van der Waals surface area (Å²) in [5.74, 6) is -3.22. The van der Waals surface area contributed by atoms with Crippen LogP contribution in [-0.2, 0) is 41.1 Å². The fourth-order valence-electron chi connectivity index (χ4n) is 7.06. The molecular weight excluding hydrogens is 585 g/mol. The van der Waals surface area contributed by atoms with Gasteiger partial charge in [0.2, 0.25) is 12.2 Å².